The molecule has 2 N–H and O–H groups in total. The molecule has 21 heavy (non-hydrogen) atoms. The molecular weight excluding hydrogens is 298 g/mol. The molecule has 0 aliphatic carbocycles. The maximum absolute atomic E-state index is 5.86. The first-order valence-electron chi connectivity index (χ1n) is 6.88. The van der Waals surface area contributed by atoms with Crippen LogP contribution in [0.25, 0.3) is 10.2 Å². The Kier molecular flexibility index (Phi) is 3.87. The van der Waals surface area contributed by atoms with Crippen LogP contribution < -0.4 is 5.73 Å². The van der Waals surface area contributed by atoms with Crippen molar-refractivity contribution in [3.63, 3.8) is 0 Å². The van der Waals surface area contributed by atoms with Crippen LogP contribution in [-0.2, 0) is 6.42 Å². The Morgan fingerprint density at radius 2 is 2.00 bits per heavy atom. The number of benzene rings is 1. The van der Waals surface area contributed by atoms with Crippen molar-refractivity contribution in [3.05, 3.63) is 40.3 Å². The van der Waals surface area contributed by atoms with Crippen molar-refractivity contribution in [1.29, 1.82) is 0 Å². The molecule has 5 heteroatoms. The number of nitrogen functional groups attached to an aromatic ring is 1. The van der Waals surface area contributed by atoms with Gasteiger partial charge >= 0.3 is 0 Å². The van der Waals surface area contributed by atoms with Gasteiger partial charge in [0.2, 0.25) is 5.95 Å². The third-order valence-electron chi connectivity index (χ3n) is 3.31. The largest absolute Gasteiger partial charge is 0.368 e. The molecule has 0 fully saturated rings. The molecule has 3 nitrogen and oxygen atoms in total. The number of nitrogens with zero attached hydrogens (tertiary/aromatic N) is 2. The summed E-state index contributed by atoms with van der Waals surface area (Å²) in [5, 5.41) is 2.05. The number of aryl methyl sites for hydroxylation is 3. The average Bonchev–Trinajstić information content (AvgIpc) is 2.85. The normalized spacial score (nSPS) is 11.2. The topological polar surface area (TPSA) is 51.8 Å². The van der Waals surface area contributed by atoms with E-state index in [4.69, 9.17) is 5.73 Å². The Morgan fingerprint density at radius 1 is 1.19 bits per heavy atom. The molecule has 0 aliphatic heterocycles. The number of hydrogen-bond donors (Lipinski definition) is 1. The molecule has 3 aromatic rings. The summed E-state index contributed by atoms with van der Waals surface area (Å²) in [6.07, 6.45) is 1.01. The molecule has 0 unspecified atom stereocenters. The second-order valence-corrected chi connectivity index (χ2v) is 7.19. The highest BCUT2D eigenvalue weighted by atomic mass is 32.2. The van der Waals surface area contributed by atoms with Crippen molar-refractivity contribution in [2.75, 3.05) is 5.73 Å². The van der Waals surface area contributed by atoms with Crippen molar-refractivity contribution in [2.24, 2.45) is 0 Å². The van der Waals surface area contributed by atoms with Crippen molar-refractivity contribution < 1.29 is 0 Å². The number of fused-ring (bicyclic) bond motifs is 1. The van der Waals surface area contributed by atoms with Crippen LogP contribution in [0.4, 0.5) is 5.95 Å². The van der Waals surface area contributed by atoms with Gasteiger partial charge in [-0.2, -0.15) is 0 Å². The monoisotopic (exact) mass is 315 g/mol. The van der Waals surface area contributed by atoms with Gasteiger partial charge in [-0.05, 0) is 38.0 Å². The van der Waals surface area contributed by atoms with E-state index in [9.17, 15) is 0 Å². The van der Waals surface area contributed by atoms with E-state index in [0.717, 1.165) is 21.7 Å². The molecule has 2 aromatic heterocycles. The molecule has 0 radical (unpaired) electrons. The fourth-order valence-corrected chi connectivity index (χ4v) is 4.24. The second-order valence-electron chi connectivity index (χ2n) is 5.04. The lowest BCUT2D eigenvalue weighted by Crippen LogP contribution is -1.95. The molecule has 1 aromatic carbocycles. The summed E-state index contributed by atoms with van der Waals surface area (Å²) >= 11 is 3.36. The number of nitrogens with two attached hydrogens (primary N) is 1. The summed E-state index contributed by atoms with van der Waals surface area (Å²) in [5.41, 5.74) is 8.39. The Balaban J connectivity index is 2.08. The first kappa shape index (κ1) is 14.4. The minimum Gasteiger partial charge on any atom is -0.368 e. The van der Waals surface area contributed by atoms with Gasteiger partial charge in [0.05, 0.1) is 0 Å². The zero-order valence-electron chi connectivity index (χ0n) is 12.3. The molecule has 2 heterocycles. The van der Waals surface area contributed by atoms with E-state index in [1.165, 1.54) is 20.9 Å². The third kappa shape index (κ3) is 2.89. The standard InChI is InChI=1S/C16H17N3S2/c1-4-11-8-12-14(20-11)18-16(17)19-15(12)21-13-6-5-9(2)7-10(13)3/h5-8H,4H2,1-3H3,(H2,17,18,19). The first-order valence-corrected chi connectivity index (χ1v) is 8.51. The fourth-order valence-electron chi connectivity index (χ4n) is 2.23. The second kappa shape index (κ2) is 5.66. The zero-order valence-corrected chi connectivity index (χ0v) is 13.9. The van der Waals surface area contributed by atoms with E-state index in [0.29, 0.717) is 5.95 Å². The van der Waals surface area contributed by atoms with Gasteiger partial charge in [-0.15, -0.1) is 11.3 Å². The van der Waals surface area contributed by atoms with E-state index >= 15 is 0 Å². The van der Waals surface area contributed by atoms with Crippen molar-refractivity contribution >= 4 is 39.3 Å². The zero-order chi connectivity index (χ0) is 15.0. The Bertz CT molecular complexity index is 809. The number of hydrogen-bond acceptors (Lipinski definition) is 5. The summed E-state index contributed by atoms with van der Waals surface area (Å²) in [6, 6.07) is 8.65. The summed E-state index contributed by atoms with van der Waals surface area (Å²) in [4.78, 5) is 12.3. The molecule has 0 atom stereocenters. The lowest BCUT2D eigenvalue weighted by Gasteiger charge is -2.07. The van der Waals surface area contributed by atoms with Crippen LogP contribution in [0.5, 0.6) is 0 Å². The SMILES string of the molecule is CCc1cc2c(Sc3ccc(C)cc3C)nc(N)nc2s1. The molecular formula is C16H17N3S2. The number of rotatable bonds is 3. The minimum absolute atomic E-state index is 0.347. The van der Waals surface area contributed by atoms with Gasteiger partial charge in [0, 0.05) is 15.2 Å². The van der Waals surface area contributed by atoms with E-state index in [1.807, 2.05) is 0 Å². The third-order valence-corrected chi connectivity index (χ3v) is 5.67. The highest BCUT2D eigenvalue weighted by molar-refractivity contribution is 7.99. The molecule has 0 saturated heterocycles. The maximum atomic E-state index is 5.86. The quantitative estimate of drug-likeness (QED) is 0.717. The first-order chi connectivity index (χ1) is 10.1. The van der Waals surface area contributed by atoms with Crippen LogP contribution in [0.15, 0.2) is 34.2 Å². The van der Waals surface area contributed by atoms with Crippen LogP contribution in [0.2, 0.25) is 0 Å². The Morgan fingerprint density at radius 3 is 2.71 bits per heavy atom. The predicted octanol–water partition coefficient (Wildman–Crippen LogP) is 4.60. The van der Waals surface area contributed by atoms with E-state index in [2.05, 4.69) is 55.0 Å². The van der Waals surface area contributed by atoms with E-state index in [1.54, 1.807) is 23.1 Å². The van der Waals surface area contributed by atoms with Crippen LogP contribution in [-0.4, -0.2) is 9.97 Å². The molecule has 0 saturated carbocycles. The van der Waals surface area contributed by atoms with Crippen molar-refractivity contribution in [1.82, 2.24) is 9.97 Å². The predicted molar refractivity (Wildman–Crippen MR) is 91.2 cm³/mol. The lowest BCUT2D eigenvalue weighted by atomic mass is 10.2. The van der Waals surface area contributed by atoms with E-state index in [-0.39, 0.29) is 0 Å². The van der Waals surface area contributed by atoms with E-state index < -0.39 is 0 Å². The van der Waals surface area contributed by atoms with Crippen LogP contribution in [0, 0.1) is 13.8 Å². The fraction of sp³-hybridized carbons (Fsp3) is 0.250. The molecule has 0 amide bonds. The van der Waals surface area contributed by atoms with Crippen LogP contribution >= 0.6 is 23.1 Å². The van der Waals surface area contributed by atoms with Gasteiger partial charge < -0.3 is 5.73 Å². The highest BCUT2D eigenvalue weighted by Gasteiger charge is 2.12. The highest BCUT2D eigenvalue weighted by Crippen LogP contribution is 2.37. The smallest absolute Gasteiger partial charge is 0.222 e. The summed E-state index contributed by atoms with van der Waals surface area (Å²) in [5.74, 6) is 0.347. The van der Waals surface area contributed by atoms with Gasteiger partial charge in [0.1, 0.15) is 9.86 Å². The Hall–Kier alpha value is -1.59. The lowest BCUT2D eigenvalue weighted by molar-refractivity contribution is 1.12. The number of anilines is 1. The van der Waals surface area contributed by atoms with Crippen molar-refractivity contribution in [2.45, 2.75) is 37.1 Å². The molecule has 3 rings (SSSR count). The van der Waals surface area contributed by atoms with Gasteiger partial charge in [0.25, 0.3) is 0 Å². The van der Waals surface area contributed by atoms with Crippen LogP contribution in [0.3, 0.4) is 0 Å². The molecule has 0 aliphatic rings. The Labute approximate surface area is 132 Å². The van der Waals surface area contributed by atoms with Gasteiger partial charge in [0.15, 0.2) is 0 Å². The van der Waals surface area contributed by atoms with Gasteiger partial charge in [-0.3, -0.25) is 0 Å². The van der Waals surface area contributed by atoms with Crippen molar-refractivity contribution in [3.8, 4) is 0 Å². The van der Waals surface area contributed by atoms with Gasteiger partial charge in [-0.1, -0.05) is 36.4 Å². The van der Waals surface area contributed by atoms with Gasteiger partial charge in [-0.25, -0.2) is 9.97 Å². The average molecular weight is 315 g/mol. The minimum atomic E-state index is 0.347. The molecule has 0 bridgehead atoms. The summed E-state index contributed by atoms with van der Waals surface area (Å²) in [7, 11) is 0. The summed E-state index contributed by atoms with van der Waals surface area (Å²) < 4.78 is 0. The molecule has 0 spiro atoms. The summed E-state index contributed by atoms with van der Waals surface area (Å²) in [6.45, 7) is 6.38. The number of aromatic nitrogens is 2. The molecule has 108 valence electrons. The maximum Gasteiger partial charge on any atom is 0.222 e. The van der Waals surface area contributed by atoms with Crippen LogP contribution in [0.1, 0.15) is 22.9 Å². The number of thiophene rings is 1.